The van der Waals surface area contributed by atoms with E-state index < -0.39 is 29.7 Å². The van der Waals surface area contributed by atoms with Gasteiger partial charge in [-0.05, 0) is 73.5 Å². The van der Waals surface area contributed by atoms with E-state index in [1.807, 2.05) is 18.2 Å². The van der Waals surface area contributed by atoms with Gasteiger partial charge in [-0.15, -0.1) is 0 Å². The Bertz CT molecular complexity index is 1230. The fourth-order valence-corrected chi connectivity index (χ4v) is 4.53. The van der Waals surface area contributed by atoms with E-state index in [9.17, 15) is 19.1 Å². The number of amides is 1. The van der Waals surface area contributed by atoms with Gasteiger partial charge in [0, 0.05) is 23.2 Å². The molecule has 2 heterocycles. The predicted molar refractivity (Wildman–Crippen MR) is 123 cm³/mol. The molecule has 1 aliphatic heterocycles. The van der Waals surface area contributed by atoms with E-state index in [2.05, 4.69) is 15.9 Å². The van der Waals surface area contributed by atoms with Gasteiger partial charge in [0.2, 0.25) is 5.91 Å². The number of aromatic nitrogens is 1. The third-order valence-electron chi connectivity index (χ3n) is 5.55. The second-order valence-electron chi connectivity index (χ2n) is 8.91. The maximum atomic E-state index is 14.1. The summed E-state index contributed by atoms with van der Waals surface area (Å²) in [5.74, 6) is -1.57. The zero-order chi connectivity index (χ0) is 23.4. The van der Waals surface area contributed by atoms with Gasteiger partial charge in [0.15, 0.2) is 0 Å². The molecule has 2 atom stereocenters. The summed E-state index contributed by atoms with van der Waals surface area (Å²) in [5.41, 5.74) is 1.46. The largest absolute Gasteiger partial charge is 0.443 e. The van der Waals surface area contributed by atoms with Crippen LogP contribution in [0, 0.1) is 12.7 Å². The molecule has 2 unspecified atom stereocenters. The van der Waals surface area contributed by atoms with E-state index in [1.54, 1.807) is 39.8 Å². The van der Waals surface area contributed by atoms with Gasteiger partial charge in [-0.25, -0.2) is 13.8 Å². The monoisotopic (exact) mass is 502 g/mol. The van der Waals surface area contributed by atoms with Crippen LogP contribution in [0.3, 0.4) is 0 Å². The van der Waals surface area contributed by atoms with E-state index in [-0.39, 0.29) is 22.5 Å². The molecule has 4 rings (SSSR count). The molecule has 1 amide bonds. The zero-order valence-corrected chi connectivity index (χ0v) is 19.8. The molecule has 1 aliphatic rings. The minimum absolute atomic E-state index is 0.125. The van der Waals surface area contributed by atoms with Gasteiger partial charge >= 0.3 is 6.09 Å². The van der Waals surface area contributed by atoms with Crippen molar-refractivity contribution in [3.8, 4) is 0 Å². The predicted octanol–water partition coefficient (Wildman–Crippen LogP) is 5.47. The average Bonchev–Trinajstić information content (AvgIpc) is 3.15. The summed E-state index contributed by atoms with van der Waals surface area (Å²) in [5, 5.41) is 11.4. The van der Waals surface area contributed by atoms with Crippen molar-refractivity contribution in [1.82, 2.24) is 4.57 Å². The molecule has 3 aromatic rings. The topological polar surface area (TPSA) is 71.8 Å². The fourth-order valence-electron chi connectivity index (χ4n) is 4.28. The van der Waals surface area contributed by atoms with Crippen LogP contribution in [-0.2, 0) is 9.53 Å². The summed E-state index contributed by atoms with van der Waals surface area (Å²) >= 11 is 3.10. The lowest BCUT2D eigenvalue weighted by atomic mass is 9.94. The van der Waals surface area contributed by atoms with Crippen LogP contribution in [0.1, 0.15) is 44.4 Å². The number of hydrogen-bond acceptors (Lipinski definition) is 4. The van der Waals surface area contributed by atoms with E-state index >= 15 is 0 Å². The number of para-hydroxylation sites is 1. The first-order valence-corrected chi connectivity index (χ1v) is 11.1. The molecule has 0 aliphatic carbocycles. The van der Waals surface area contributed by atoms with Gasteiger partial charge < -0.3 is 9.84 Å². The van der Waals surface area contributed by atoms with Gasteiger partial charge in [0.05, 0.1) is 15.9 Å². The second kappa shape index (κ2) is 8.01. The lowest BCUT2D eigenvalue weighted by Crippen LogP contribution is -2.33. The molecule has 168 valence electrons. The second-order valence-corrected chi connectivity index (χ2v) is 9.76. The lowest BCUT2D eigenvalue weighted by molar-refractivity contribution is -0.118. The van der Waals surface area contributed by atoms with Gasteiger partial charge in [-0.3, -0.25) is 9.69 Å². The molecule has 1 saturated heterocycles. The van der Waals surface area contributed by atoms with Crippen LogP contribution >= 0.6 is 15.9 Å². The van der Waals surface area contributed by atoms with Crippen molar-refractivity contribution in [3.63, 3.8) is 0 Å². The van der Waals surface area contributed by atoms with Crippen molar-refractivity contribution in [1.29, 1.82) is 0 Å². The highest BCUT2D eigenvalue weighted by Crippen LogP contribution is 2.41. The number of halogens is 2. The zero-order valence-electron chi connectivity index (χ0n) is 18.2. The molecule has 1 fully saturated rings. The van der Waals surface area contributed by atoms with Crippen LogP contribution in [-0.4, -0.2) is 33.5 Å². The summed E-state index contributed by atoms with van der Waals surface area (Å²) in [6, 6.07) is 11.6. The van der Waals surface area contributed by atoms with E-state index in [0.717, 1.165) is 5.39 Å². The summed E-state index contributed by atoms with van der Waals surface area (Å²) in [4.78, 5) is 27.6. The van der Waals surface area contributed by atoms with Crippen molar-refractivity contribution >= 4 is 44.5 Å². The molecule has 1 N–H and O–H groups in total. The third kappa shape index (κ3) is 3.82. The molecule has 0 spiro atoms. The normalized spacial score (nSPS) is 19.1. The van der Waals surface area contributed by atoms with Crippen LogP contribution in [0.15, 0.2) is 46.9 Å². The maximum absolute atomic E-state index is 14.1. The standard InChI is InChI=1S/C24H24BrFN2O4/c1-13-21(15-7-5-6-8-19(15)27(13)23(31)32-24(2,3)4)16-12-20(29)28(22(16)30)14-9-10-17(25)18(26)11-14/h5-11,16,20,29H,12H2,1-4H3. The van der Waals surface area contributed by atoms with Crippen LogP contribution in [0.25, 0.3) is 10.9 Å². The number of ether oxygens (including phenoxy) is 1. The Kier molecular flexibility index (Phi) is 5.63. The van der Waals surface area contributed by atoms with Crippen molar-refractivity contribution in [3.05, 3.63) is 64.0 Å². The molecule has 2 aromatic carbocycles. The Labute approximate surface area is 193 Å². The summed E-state index contributed by atoms with van der Waals surface area (Å²) in [6.45, 7) is 7.14. The lowest BCUT2D eigenvalue weighted by Gasteiger charge is -2.21. The first-order valence-electron chi connectivity index (χ1n) is 10.3. The Morgan fingerprint density at radius 3 is 2.56 bits per heavy atom. The average molecular weight is 503 g/mol. The summed E-state index contributed by atoms with van der Waals surface area (Å²) in [7, 11) is 0. The van der Waals surface area contributed by atoms with Gasteiger partial charge in [0.25, 0.3) is 0 Å². The number of carbonyl (C=O) groups is 2. The Balaban J connectivity index is 1.80. The van der Waals surface area contributed by atoms with Crippen molar-refractivity contribution in [2.45, 2.75) is 51.9 Å². The quantitative estimate of drug-likeness (QED) is 0.503. The van der Waals surface area contributed by atoms with E-state index in [0.29, 0.717) is 16.8 Å². The summed E-state index contributed by atoms with van der Waals surface area (Å²) in [6.07, 6.45) is -1.52. The SMILES string of the molecule is Cc1c(C2CC(O)N(c3ccc(Br)c(F)c3)C2=O)c2ccccc2n1C(=O)OC(C)(C)C. The van der Waals surface area contributed by atoms with E-state index in [1.165, 1.54) is 21.6 Å². The highest BCUT2D eigenvalue weighted by molar-refractivity contribution is 9.10. The molecule has 1 aromatic heterocycles. The Morgan fingerprint density at radius 1 is 1.22 bits per heavy atom. The molecule has 32 heavy (non-hydrogen) atoms. The first-order chi connectivity index (χ1) is 15.0. The van der Waals surface area contributed by atoms with Crippen LogP contribution < -0.4 is 4.90 Å². The number of hydrogen-bond donors (Lipinski definition) is 1. The molecule has 0 bridgehead atoms. The van der Waals surface area contributed by atoms with Crippen molar-refractivity contribution in [2.24, 2.45) is 0 Å². The van der Waals surface area contributed by atoms with E-state index in [4.69, 9.17) is 4.74 Å². The molecule has 8 heteroatoms. The first kappa shape index (κ1) is 22.5. The smallest absolute Gasteiger partial charge is 0.419 e. The van der Waals surface area contributed by atoms with Crippen LogP contribution in [0.4, 0.5) is 14.9 Å². The molecule has 0 radical (unpaired) electrons. The highest BCUT2D eigenvalue weighted by atomic mass is 79.9. The molecule has 0 saturated carbocycles. The maximum Gasteiger partial charge on any atom is 0.419 e. The number of fused-ring (bicyclic) bond motifs is 1. The third-order valence-corrected chi connectivity index (χ3v) is 6.19. The molecule has 6 nitrogen and oxygen atoms in total. The van der Waals surface area contributed by atoms with Crippen molar-refractivity contribution < 1.29 is 23.8 Å². The minimum atomic E-state index is -1.11. The number of aliphatic hydroxyl groups excluding tert-OH is 1. The number of aliphatic hydroxyl groups is 1. The molecular formula is C24H24BrFN2O4. The van der Waals surface area contributed by atoms with Gasteiger partial charge in [-0.2, -0.15) is 0 Å². The summed E-state index contributed by atoms with van der Waals surface area (Å²) < 4.78 is 21.4. The number of anilines is 1. The van der Waals surface area contributed by atoms with Crippen LogP contribution in [0.2, 0.25) is 0 Å². The number of nitrogens with zero attached hydrogens (tertiary/aromatic N) is 2. The highest BCUT2D eigenvalue weighted by Gasteiger charge is 2.43. The number of carbonyl (C=O) groups excluding carboxylic acids is 2. The Hall–Kier alpha value is -2.71. The number of benzene rings is 2. The molecular weight excluding hydrogens is 479 g/mol. The number of rotatable bonds is 2. The Morgan fingerprint density at radius 2 is 1.91 bits per heavy atom. The van der Waals surface area contributed by atoms with Crippen molar-refractivity contribution in [2.75, 3.05) is 4.90 Å². The van der Waals surface area contributed by atoms with Crippen LogP contribution in [0.5, 0.6) is 0 Å². The fraction of sp³-hybridized carbons (Fsp3) is 0.333. The minimum Gasteiger partial charge on any atom is -0.443 e. The van der Waals surface area contributed by atoms with Gasteiger partial charge in [0.1, 0.15) is 17.6 Å². The van der Waals surface area contributed by atoms with Gasteiger partial charge in [-0.1, -0.05) is 18.2 Å².